The number of carbonyl (C=O) groups is 2. The average Bonchev–Trinajstić information content (AvgIpc) is 2.73. The van der Waals surface area contributed by atoms with Gasteiger partial charge in [0.15, 0.2) is 0 Å². The molecule has 0 aliphatic carbocycles. The molecule has 2 N–H and O–H groups in total. The van der Waals surface area contributed by atoms with Gasteiger partial charge in [0, 0.05) is 25.0 Å². The lowest BCUT2D eigenvalue weighted by Crippen LogP contribution is -2.47. The molecular weight excluding hydrogens is 416 g/mol. The van der Waals surface area contributed by atoms with E-state index in [1.54, 1.807) is 18.2 Å². The molecule has 2 amide bonds. The van der Waals surface area contributed by atoms with Crippen molar-refractivity contribution in [2.24, 2.45) is 0 Å². The van der Waals surface area contributed by atoms with Crippen molar-refractivity contribution in [2.45, 2.75) is 32.4 Å². The zero-order valence-electron chi connectivity index (χ0n) is 18.0. The van der Waals surface area contributed by atoms with E-state index >= 15 is 0 Å². The molecule has 0 bridgehead atoms. The molecule has 168 valence electrons. The minimum atomic E-state index is -3.27. The number of rotatable bonds is 12. The van der Waals surface area contributed by atoms with Crippen LogP contribution in [-0.2, 0) is 26.0 Å². The Kier molecular flexibility index (Phi) is 9.68. The maximum Gasteiger partial charge on any atom is 0.251 e. The van der Waals surface area contributed by atoms with E-state index in [4.69, 9.17) is 4.74 Å². The molecule has 2 aromatic carbocycles. The van der Waals surface area contributed by atoms with E-state index in [2.05, 4.69) is 10.6 Å². The van der Waals surface area contributed by atoms with Gasteiger partial charge >= 0.3 is 0 Å². The second-order valence-corrected chi connectivity index (χ2v) is 9.76. The summed E-state index contributed by atoms with van der Waals surface area (Å²) in [5.41, 5.74) is 2.41. The molecule has 0 spiro atoms. The molecule has 31 heavy (non-hydrogen) atoms. The molecule has 7 nitrogen and oxygen atoms in total. The zero-order valence-corrected chi connectivity index (χ0v) is 18.8. The molecule has 8 heteroatoms. The number of carbonyl (C=O) groups excluding carboxylic acids is 2. The molecule has 0 heterocycles. The van der Waals surface area contributed by atoms with Crippen LogP contribution in [0.2, 0.25) is 0 Å². The van der Waals surface area contributed by atoms with Gasteiger partial charge in [-0.05, 0) is 37.5 Å². The van der Waals surface area contributed by atoms with Gasteiger partial charge in [0.05, 0.1) is 12.4 Å². The van der Waals surface area contributed by atoms with Gasteiger partial charge in [-0.2, -0.15) is 0 Å². The molecule has 0 fully saturated rings. The summed E-state index contributed by atoms with van der Waals surface area (Å²) in [5.74, 6) is -1.02. The van der Waals surface area contributed by atoms with Crippen molar-refractivity contribution in [1.29, 1.82) is 0 Å². The van der Waals surface area contributed by atoms with E-state index in [-0.39, 0.29) is 12.2 Å². The first-order valence-corrected chi connectivity index (χ1v) is 12.3. The average molecular weight is 447 g/mol. The molecule has 0 aliphatic heterocycles. The number of hydrogen-bond donors (Lipinski definition) is 2. The highest BCUT2D eigenvalue weighted by Crippen LogP contribution is 2.06. The minimum absolute atomic E-state index is 0.00668. The van der Waals surface area contributed by atoms with E-state index in [0.29, 0.717) is 31.7 Å². The number of nitrogens with one attached hydrogen (secondary N) is 2. The first-order chi connectivity index (χ1) is 14.7. The van der Waals surface area contributed by atoms with Gasteiger partial charge in [-0.15, -0.1) is 0 Å². The Morgan fingerprint density at radius 1 is 1.06 bits per heavy atom. The lowest BCUT2D eigenvalue weighted by atomic mass is 10.1. The maximum absolute atomic E-state index is 12.6. The van der Waals surface area contributed by atoms with E-state index in [9.17, 15) is 18.0 Å². The van der Waals surface area contributed by atoms with Gasteiger partial charge in [0.2, 0.25) is 5.91 Å². The van der Waals surface area contributed by atoms with Gasteiger partial charge in [-0.3, -0.25) is 9.59 Å². The van der Waals surface area contributed by atoms with Gasteiger partial charge in [0.1, 0.15) is 15.9 Å². The highest BCUT2D eigenvalue weighted by atomic mass is 32.2. The molecule has 0 radical (unpaired) electrons. The third-order valence-corrected chi connectivity index (χ3v) is 5.53. The summed E-state index contributed by atoms with van der Waals surface area (Å²) in [6.07, 6.45) is 1.71. The molecule has 1 atom stereocenters. The van der Waals surface area contributed by atoms with Crippen molar-refractivity contribution >= 4 is 21.7 Å². The van der Waals surface area contributed by atoms with Crippen LogP contribution in [0.3, 0.4) is 0 Å². The summed E-state index contributed by atoms with van der Waals surface area (Å²) in [5, 5.41) is 5.42. The second-order valence-electron chi connectivity index (χ2n) is 7.50. The monoisotopic (exact) mass is 446 g/mol. The highest BCUT2D eigenvalue weighted by Gasteiger charge is 2.22. The van der Waals surface area contributed by atoms with Crippen LogP contribution in [0.1, 0.15) is 34.3 Å². The molecule has 1 unspecified atom stereocenters. The number of hydrogen-bond acceptors (Lipinski definition) is 5. The third kappa shape index (κ3) is 9.76. The number of benzene rings is 2. The molecule has 2 rings (SSSR count). The molecule has 2 aromatic rings. The Hall–Kier alpha value is -2.71. The molecule has 0 saturated heterocycles. The summed E-state index contributed by atoms with van der Waals surface area (Å²) in [6, 6.07) is 15.8. The van der Waals surface area contributed by atoms with E-state index < -0.39 is 27.7 Å². The van der Waals surface area contributed by atoms with Crippen LogP contribution < -0.4 is 10.6 Å². The predicted molar refractivity (Wildman–Crippen MR) is 120 cm³/mol. The zero-order chi connectivity index (χ0) is 22.7. The summed E-state index contributed by atoms with van der Waals surface area (Å²) in [4.78, 5) is 25.1. The number of ether oxygens (including phenoxy) is 1. The number of amides is 2. The largest absolute Gasteiger partial charge is 0.377 e. The van der Waals surface area contributed by atoms with Gasteiger partial charge < -0.3 is 15.4 Å². The van der Waals surface area contributed by atoms with Crippen molar-refractivity contribution in [3.8, 4) is 0 Å². The first-order valence-electron chi connectivity index (χ1n) is 10.2. The Balaban J connectivity index is 1.83. The molecule has 0 saturated carbocycles. The molecular formula is C23H30N2O5S. The number of aryl methyl sites for hydroxylation is 1. The van der Waals surface area contributed by atoms with Gasteiger partial charge in [-0.1, -0.05) is 48.0 Å². The van der Waals surface area contributed by atoms with Gasteiger partial charge in [0.25, 0.3) is 5.91 Å². The van der Waals surface area contributed by atoms with Crippen LogP contribution in [0.5, 0.6) is 0 Å². The summed E-state index contributed by atoms with van der Waals surface area (Å²) < 4.78 is 28.7. The fraction of sp³-hybridized carbons (Fsp3) is 0.391. The Morgan fingerprint density at radius 3 is 2.48 bits per heavy atom. The second kappa shape index (κ2) is 12.2. The smallest absolute Gasteiger partial charge is 0.251 e. The topological polar surface area (TPSA) is 102 Å². The highest BCUT2D eigenvalue weighted by molar-refractivity contribution is 7.90. The van der Waals surface area contributed by atoms with E-state index in [1.807, 2.05) is 43.3 Å². The number of sulfone groups is 1. The van der Waals surface area contributed by atoms with Crippen molar-refractivity contribution in [3.05, 3.63) is 71.3 Å². The Bertz CT molecular complexity index is 961. The van der Waals surface area contributed by atoms with E-state index in [1.165, 1.54) is 0 Å². The van der Waals surface area contributed by atoms with Gasteiger partial charge in [-0.25, -0.2) is 8.42 Å². The third-order valence-electron chi connectivity index (χ3n) is 4.56. The Morgan fingerprint density at radius 2 is 1.81 bits per heavy atom. The lowest BCUT2D eigenvalue weighted by molar-refractivity contribution is -0.123. The Labute approximate surface area is 184 Å². The van der Waals surface area contributed by atoms with Crippen LogP contribution in [0, 0.1) is 6.92 Å². The van der Waals surface area contributed by atoms with Crippen LogP contribution >= 0.6 is 0 Å². The van der Waals surface area contributed by atoms with Crippen LogP contribution in [0.25, 0.3) is 0 Å². The van der Waals surface area contributed by atoms with Crippen LogP contribution in [0.15, 0.2) is 54.6 Å². The van der Waals surface area contributed by atoms with Crippen LogP contribution in [0.4, 0.5) is 0 Å². The normalized spacial score (nSPS) is 12.2. The fourth-order valence-corrected chi connectivity index (χ4v) is 3.57. The summed E-state index contributed by atoms with van der Waals surface area (Å²) in [6.45, 7) is 3.20. The molecule has 0 aliphatic rings. The quantitative estimate of drug-likeness (QED) is 0.487. The maximum atomic E-state index is 12.6. The van der Waals surface area contributed by atoms with Crippen LogP contribution in [-0.4, -0.2) is 51.4 Å². The summed E-state index contributed by atoms with van der Waals surface area (Å²) >= 11 is 0. The van der Waals surface area contributed by atoms with Crippen molar-refractivity contribution < 1.29 is 22.7 Å². The lowest BCUT2D eigenvalue weighted by Gasteiger charge is -2.18. The van der Waals surface area contributed by atoms with Crippen molar-refractivity contribution in [1.82, 2.24) is 10.6 Å². The predicted octanol–water partition coefficient (Wildman–Crippen LogP) is 2.25. The summed E-state index contributed by atoms with van der Waals surface area (Å²) in [7, 11) is -3.27. The standard InChI is InChI=1S/C23H30N2O5S/c1-18-8-6-11-20(16-18)22(26)25-21(12-15-31(2,28)29)23(27)24-13-7-14-30-17-19-9-4-3-5-10-19/h3-6,8-11,16,21H,7,12-15,17H2,1-2H3,(H,24,27)(H,25,26). The van der Waals surface area contributed by atoms with Crippen molar-refractivity contribution in [2.75, 3.05) is 25.2 Å². The van der Waals surface area contributed by atoms with E-state index in [0.717, 1.165) is 17.4 Å². The SMILES string of the molecule is Cc1cccc(C(=O)NC(CCS(C)(=O)=O)C(=O)NCCCOCc2ccccc2)c1. The van der Waals surface area contributed by atoms with Crippen molar-refractivity contribution in [3.63, 3.8) is 0 Å². The fourth-order valence-electron chi connectivity index (χ4n) is 2.90. The minimum Gasteiger partial charge on any atom is -0.377 e. The first kappa shape index (κ1) is 24.6. The molecule has 0 aromatic heterocycles.